The Kier molecular flexibility index (Phi) is 6.42. The fourth-order valence-corrected chi connectivity index (χ4v) is 5.03. The van der Waals surface area contributed by atoms with Crippen LogP contribution in [0.15, 0.2) is 42.5 Å². The second kappa shape index (κ2) is 9.12. The number of anilines is 1. The number of nitrogens with one attached hydrogen (secondary N) is 1. The van der Waals surface area contributed by atoms with Crippen molar-refractivity contribution in [2.24, 2.45) is 0 Å². The van der Waals surface area contributed by atoms with Crippen LogP contribution in [-0.4, -0.2) is 31.3 Å². The molecular formula is C28H36N2O3. The Hall–Kier alpha value is -2.95. The number of nitrogens with zero attached hydrogens (tertiary/aromatic N) is 1. The fraction of sp³-hybridized carbons (Fsp3) is 0.464. The minimum absolute atomic E-state index is 0.0863. The summed E-state index contributed by atoms with van der Waals surface area (Å²) in [5.41, 5.74) is 3.78. The van der Waals surface area contributed by atoms with Gasteiger partial charge >= 0.3 is 0 Å². The number of carbonyl (C=O) groups excluding carboxylic acids is 1. The SMILES string of the molecule is CCCCOc1ccc(C=C[C@]23NC(=O)CCN2c2ccc(C)cc2C3(C)C)cc1OCC. The normalized spacial score (nSPS) is 21.0. The van der Waals surface area contributed by atoms with Crippen molar-refractivity contribution in [3.05, 3.63) is 59.2 Å². The van der Waals surface area contributed by atoms with Gasteiger partial charge in [0, 0.05) is 24.1 Å². The molecule has 1 amide bonds. The quantitative estimate of drug-likeness (QED) is 0.534. The van der Waals surface area contributed by atoms with E-state index in [9.17, 15) is 4.79 Å². The molecule has 1 saturated heterocycles. The van der Waals surface area contributed by atoms with E-state index in [-0.39, 0.29) is 11.3 Å². The van der Waals surface area contributed by atoms with Crippen LogP contribution in [0, 0.1) is 6.92 Å². The third-order valence-corrected chi connectivity index (χ3v) is 6.93. The molecule has 1 atom stereocenters. The minimum Gasteiger partial charge on any atom is -0.490 e. The van der Waals surface area contributed by atoms with Gasteiger partial charge in [0.15, 0.2) is 11.5 Å². The molecule has 0 aromatic heterocycles. The molecule has 5 heteroatoms. The van der Waals surface area contributed by atoms with Crippen LogP contribution >= 0.6 is 0 Å². The highest BCUT2D eigenvalue weighted by Gasteiger charge is 2.57. The predicted molar refractivity (Wildman–Crippen MR) is 134 cm³/mol. The molecule has 2 aromatic rings. The summed E-state index contributed by atoms with van der Waals surface area (Å²) in [5, 5.41) is 3.35. The van der Waals surface area contributed by atoms with Crippen LogP contribution in [0.4, 0.5) is 5.69 Å². The van der Waals surface area contributed by atoms with E-state index in [0.29, 0.717) is 26.2 Å². The summed E-state index contributed by atoms with van der Waals surface area (Å²) in [7, 11) is 0. The maximum atomic E-state index is 12.6. The summed E-state index contributed by atoms with van der Waals surface area (Å²) in [4.78, 5) is 15.0. The topological polar surface area (TPSA) is 50.8 Å². The molecule has 2 aromatic carbocycles. The first-order valence-electron chi connectivity index (χ1n) is 12.1. The highest BCUT2D eigenvalue weighted by atomic mass is 16.5. The Morgan fingerprint density at radius 3 is 2.67 bits per heavy atom. The summed E-state index contributed by atoms with van der Waals surface area (Å²) in [6, 6.07) is 12.6. The lowest BCUT2D eigenvalue weighted by molar-refractivity contribution is -0.124. The number of unbranched alkanes of at least 4 members (excludes halogenated alkanes) is 1. The third kappa shape index (κ3) is 4.09. The predicted octanol–water partition coefficient (Wildman–Crippen LogP) is 5.60. The number of amides is 1. The lowest BCUT2D eigenvalue weighted by atomic mass is 9.74. The van der Waals surface area contributed by atoms with Crippen molar-refractivity contribution in [3.8, 4) is 11.5 Å². The molecule has 0 radical (unpaired) electrons. The van der Waals surface area contributed by atoms with Crippen molar-refractivity contribution in [1.29, 1.82) is 0 Å². The molecule has 0 aliphatic carbocycles. The van der Waals surface area contributed by atoms with Gasteiger partial charge in [0.25, 0.3) is 0 Å². The molecule has 2 aliphatic heterocycles. The molecule has 0 bridgehead atoms. The summed E-state index contributed by atoms with van der Waals surface area (Å²) >= 11 is 0. The molecule has 5 nitrogen and oxygen atoms in total. The Labute approximate surface area is 197 Å². The van der Waals surface area contributed by atoms with Crippen LogP contribution in [0.25, 0.3) is 6.08 Å². The number of hydrogen-bond acceptors (Lipinski definition) is 4. The number of ether oxygens (including phenoxy) is 2. The van der Waals surface area contributed by atoms with E-state index >= 15 is 0 Å². The van der Waals surface area contributed by atoms with Gasteiger partial charge in [0.05, 0.1) is 13.2 Å². The van der Waals surface area contributed by atoms with E-state index < -0.39 is 5.66 Å². The Balaban J connectivity index is 1.71. The van der Waals surface area contributed by atoms with Crippen LogP contribution < -0.4 is 19.7 Å². The zero-order chi connectivity index (χ0) is 23.6. The third-order valence-electron chi connectivity index (χ3n) is 6.93. The zero-order valence-corrected chi connectivity index (χ0v) is 20.5. The summed E-state index contributed by atoms with van der Waals surface area (Å²) < 4.78 is 11.8. The van der Waals surface area contributed by atoms with Gasteiger partial charge in [-0.2, -0.15) is 0 Å². The Morgan fingerprint density at radius 1 is 1.09 bits per heavy atom. The van der Waals surface area contributed by atoms with Crippen LogP contribution in [0.3, 0.4) is 0 Å². The smallest absolute Gasteiger partial charge is 0.223 e. The fourth-order valence-electron chi connectivity index (χ4n) is 5.03. The van der Waals surface area contributed by atoms with E-state index in [4.69, 9.17) is 9.47 Å². The lowest BCUT2D eigenvalue weighted by Crippen LogP contribution is -2.68. The summed E-state index contributed by atoms with van der Waals surface area (Å²) in [5.74, 6) is 1.61. The first-order chi connectivity index (χ1) is 15.8. The number of carbonyl (C=O) groups is 1. The van der Waals surface area contributed by atoms with Gasteiger partial charge in [-0.05, 0) is 55.7 Å². The molecule has 33 heavy (non-hydrogen) atoms. The van der Waals surface area contributed by atoms with Gasteiger partial charge in [-0.15, -0.1) is 0 Å². The molecule has 1 N–H and O–H groups in total. The highest BCUT2D eigenvalue weighted by molar-refractivity contribution is 5.84. The largest absolute Gasteiger partial charge is 0.490 e. The van der Waals surface area contributed by atoms with Crippen molar-refractivity contribution in [1.82, 2.24) is 5.32 Å². The van der Waals surface area contributed by atoms with Gasteiger partial charge in [-0.3, -0.25) is 4.79 Å². The maximum absolute atomic E-state index is 12.6. The average molecular weight is 449 g/mol. The standard InChI is InChI=1S/C28H36N2O3/c1-6-8-17-33-24-12-10-21(19-25(24)32-7-2)13-15-28-27(4,5)22-18-20(3)9-11-23(22)30(28)16-14-26(31)29-28/h9-13,15,18-19H,6-8,14,16-17H2,1-5H3,(H,29,31)/t28-/m0/s1. The van der Waals surface area contributed by atoms with E-state index in [1.807, 2.05) is 25.1 Å². The number of fused-ring (bicyclic) bond motifs is 3. The van der Waals surface area contributed by atoms with Gasteiger partial charge < -0.3 is 19.7 Å². The second-order valence-corrected chi connectivity index (χ2v) is 9.54. The second-order valence-electron chi connectivity index (χ2n) is 9.54. The molecule has 2 heterocycles. The van der Waals surface area contributed by atoms with E-state index in [1.54, 1.807) is 0 Å². The molecule has 1 fully saturated rings. The molecular weight excluding hydrogens is 412 g/mol. The first-order valence-corrected chi connectivity index (χ1v) is 12.1. The lowest BCUT2D eigenvalue weighted by Gasteiger charge is -2.49. The average Bonchev–Trinajstić information content (AvgIpc) is 2.97. The Bertz CT molecular complexity index is 1060. The van der Waals surface area contributed by atoms with Crippen molar-refractivity contribution >= 4 is 17.7 Å². The van der Waals surface area contributed by atoms with Crippen LogP contribution in [0.2, 0.25) is 0 Å². The van der Waals surface area contributed by atoms with Crippen LogP contribution in [-0.2, 0) is 10.2 Å². The van der Waals surface area contributed by atoms with E-state index in [1.165, 1.54) is 16.8 Å². The molecule has 0 spiro atoms. The van der Waals surface area contributed by atoms with Gasteiger partial charge in [0.2, 0.25) is 5.91 Å². The molecule has 176 valence electrons. The molecule has 0 unspecified atom stereocenters. The summed E-state index contributed by atoms with van der Waals surface area (Å²) in [6.07, 6.45) is 6.85. The molecule has 2 aliphatic rings. The minimum atomic E-state index is -0.624. The van der Waals surface area contributed by atoms with Crippen LogP contribution in [0.5, 0.6) is 11.5 Å². The van der Waals surface area contributed by atoms with E-state index in [2.05, 4.69) is 68.3 Å². The van der Waals surface area contributed by atoms with Gasteiger partial charge in [-0.25, -0.2) is 0 Å². The first kappa shape index (κ1) is 23.2. The van der Waals surface area contributed by atoms with E-state index in [0.717, 1.165) is 29.9 Å². The van der Waals surface area contributed by atoms with Crippen molar-refractivity contribution < 1.29 is 14.3 Å². The molecule has 0 saturated carbocycles. The van der Waals surface area contributed by atoms with Crippen molar-refractivity contribution in [2.45, 2.75) is 65.0 Å². The number of aryl methyl sites for hydroxylation is 1. The monoisotopic (exact) mass is 448 g/mol. The summed E-state index contributed by atoms with van der Waals surface area (Å²) in [6.45, 7) is 12.6. The maximum Gasteiger partial charge on any atom is 0.223 e. The van der Waals surface area contributed by atoms with Crippen molar-refractivity contribution in [2.75, 3.05) is 24.7 Å². The highest BCUT2D eigenvalue weighted by Crippen LogP contribution is 2.52. The number of rotatable bonds is 8. The number of benzene rings is 2. The van der Waals surface area contributed by atoms with Gasteiger partial charge in [-0.1, -0.05) is 57.0 Å². The Morgan fingerprint density at radius 2 is 1.91 bits per heavy atom. The molecule has 4 rings (SSSR count). The van der Waals surface area contributed by atoms with Crippen LogP contribution in [0.1, 0.15) is 63.6 Å². The van der Waals surface area contributed by atoms with Crippen molar-refractivity contribution in [3.63, 3.8) is 0 Å². The zero-order valence-electron chi connectivity index (χ0n) is 20.5. The number of hydrogen-bond donors (Lipinski definition) is 1. The van der Waals surface area contributed by atoms with Gasteiger partial charge in [0.1, 0.15) is 5.66 Å².